The molecule has 132 valence electrons. The van der Waals surface area contributed by atoms with Crippen LogP contribution in [0.15, 0.2) is 45.3 Å². The van der Waals surface area contributed by atoms with Gasteiger partial charge in [-0.3, -0.25) is 0 Å². The standard InChI is InChI=1S/C18H16Br2O5/c1-3-23-18(22)13-6-4-5-7-15(13)25-16(21)10-24-17-11(2)8-12(19)9-14(17)20/h4-9H,3,10H2,1-2H3. The number of halogens is 2. The molecule has 2 aromatic carbocycles. The van der Waals surface area contributed by atoms with Gasteiger partial charge in [-0.2, -0.15) is 0 Å². The van der Waals surface area contributed by atoms with Crippen molar-refractivity contribution in [3.8, 4) is 11.5 Å². The third-order valence-electron chi connectivity index (χ3n) is 3.13. The zero-order valence-corrected chi connectivity index (χ0v) is 16.8. The molecule has 0 spiro atoms. The van der Waals surface area contributed by atoms with Crippen molar-refractivity contribution in [1.82, 2.24) is 0 Å². The van der Waals surface area contributed by atoms with Crippen molar-refractivity contribution in [2.24, 2.45) is 0 Å². The van der Waals surface area contributed by atoms with E-state index in [1.807, 2.05) is 19.1 Å². The van der Waals surface area contributed by atoms with Crippen molar-refractivity contribution in [2.45, 2.75) is 13.8 Å². The van der Waals surface area contributed by atoms with Gasteiger partial charge in [0.25, 0.3) is 0 Å². The first kappa shape index (κ1) is 19.5. The lowest BCUT2D eigenvalue weighted by atomic mass is 10.2. The highest BCUT2D eigenvalue weighted by atomic mass is 79.9. The molecule has 0 amide bonds. The van der Waals surface area contributed by atoms with E-state index >= 15 is 0 Å². The van der Waals surface area contributed by atoms with Gasteiger partial charge in [-0.15, -0.1) is 0 Å². The molecule has 0 atom stereocenters. The first-order valence-corrected chi connectivity index (χ1v) is 9.06. The number of ether oxygens (including phenoxy) is 3. The molecule has 0 fully saturated rings. The van der Waals surface area contributed by atoms with E-state index in [2.05, 4.69) is 31.9 Å². The van der Waals surface area contributed by atoms with Crippen molar-refractivity contribution in [3.63, 3.8) is 0 Å². The van der Waals surface area contributed by atoms with Gasteiger partial charge in [-0.1, -0.05) is 28.1 Å². The number of rotatable bonds is 6. The van der Waals surface area contributed by atoms with Gasteiger partial charge >= 0.3 is 11.9 Å². The number of benzene rings is 2. The van der Waals surface area contributed by atoms with Gasteiger partial charge < -0.3 is 14.2 Å². The average Bonchev–Trinajstić information content (AvgIpc) is 2.54. The number of aryl methyl sites for hydroxylation is 1. The summed E-state index contributed by atoms with van der Waals surface area (Å²) in [4.78, 5) is 24.0. The van der Waals surface area contributed by atoms with E-state index < -0.39 is 11.9 Å². The van der Waals surface area contributed by atoms with Crippen LogP contribution in [0.1, 0.15) is 22.8 Å². The van der Waals surface area contributed by atoms with Crippen molar-refractivity contribution >= 4 is 43.8 Å². The minimum absolute atomic E-state index is 0.140. The van der Waals surface area contributed by atoms with Crippen LogP contribution in [0.5, 0.6) is 11.5 Å². The van der Waals surface area contributed by atoms with Gasteiger partial charge in [-0.25, -0.2) is 9.59 Å². The minimum Gasteiger partial charge on any atom is -0.480 e. The summed E-state index contributed by atoms with van der Waals surface area (Å²) < 4.78 is 17.4. The molecule has 0 heterocycles. The molecule has 25 heavy (non-hydrogen) atoms. The summed E-state index contributed by atoms with van der Waals surface area (Å²) in [6, 6.07) is 10.1. The monoisotopic (exact) mass is 470 g/mol. The van der Waals surface area contributed by atoms with Crippen LogP contribution in [0.2, 0.25) is 0 Å². The fraction of sp³-hybridized carbons (Fsp3) is 0.222. The first-order chi connectivity index (χ1) is 11.9. The van der Waals surface area contributed by atoms with Gasteiger partial charge in [0, 0.05) is 4.47 Å². The van der Waals surface area contributed by atoms with E-state index in [1.165, 1.54) is 12.1 Å². The molecule has 0 radical (unpaired) electrons. The molecule has 0 bridgehead atoms. The molecular weight excluding hydrogens is 456 g/mol. The lowest BCUT2D eigenvalue weighted by Gasteiger charge is -2.12. The van der Waals surface area contributed by atoms with E-state index in [9.17, 15) is 9.59 Å². The predicted octanol–water partition coefficient (Wildman–Crippen LogP) is 4.68. The molecule has 0 aliphatic rings. The zero-order valence-electron chi connectivity index (χ0n) is 13.7. The van der Waals surface area contributed by atoms with Gasteiger partial charge in [0.2, 0.25) is 0 Å². The maximum absolute atomic E-state index is 12.1. The Morgan fingerprint density at radius 3 is 2.52 bits per heavy atom. The molecular formula is C18H16Br2O5. The molecule has 0 aromatic heterocycles. The highest BCUT2D eigenvalue weighted by Gasteiger charge is 2.17. The van der Waals surface area contributed by atoms with Crippen molar-refractivity contribution in [1.29, 1.82) is 0 Å². The SMILES string of the molecule is CCOC(=O)c1ccccc1OC(=O)COc1c(C)cc(Br)cc1Br. The molecule has 5 nitrogen and oxygen atoms in total. The number of para-hydroxylation sites is 1. The normalized spacial score (nSPS) is 10.2. The number of hydrogen-bond donors (Lipinski definition) is 0. The molecule has 0 aliphatic carbocycles. The maximum Gasteiger partial charge on any atom is 0.349 e. The fourth-order valence-electron chi connectivity index (χ4n) is 2.09. The summed E-state index contributed by atoms with van der Waals surface area (Å²) in [5, 5.41) is 0. The van der Waals surface area contributed by atoms with Crippen LogP contribution in [0.3, 0.4) is 0 Å². The third kappa shape index (κ3) is 5.31. The van der Waals surface area contributed by atoms with Crippen molar-refractivity contribution in [3.05, 3.63) is 56.5 Å². The van der Waals surface area contributed by atoms with E-state index in [0.29, 0.717) is 5.75 Å². The molecule has 0 aliphatic heterocycles. The largest absolute Gasteiger partial charge is 0.480 e. The van der Waals surface area contributed by atoms with Crippen LogP contribution in [-0.4, -0.2) is 25.2 Å². The molecule has 0 saturated heterocycles. The Labute approximate surface area is 162 Å². The Bertz CT molecular complexity index is 766. The van der Waals surface area contributed by atoms with Crippen LogP contribution >= 0.6 is 31.9 Å². The summed E-state index contributed by atoms with van der Waals surface area (Å²) in [7, 11) is 0. The van der Waals surface area contributed by atoms with Crippen molar-refractivity contribution < 1.29 is 23.8 Å². The number of hydrogen-bond acceptors (Lipinski definition) is 5. The van der Waals surface area contributed by atoms with Gasteiger partial charge in [0.05, 0.1) is 11.1 Å². The Kier molecular flexibility index (Phi) is 7.01. The summed E-state index contributed by atoms with van der Waals surface area (Å²) in [5.74, 6) is -0.468. The van der Waals surface area contributed by atoms with E-state index in [4.69, 9.17) is 14.2 Å². The van der Waals surface area contributed by atoms with Crippen molar-refractivity contribution in [2.75, 3.05) is 13.2 Å². The Balaban J connectivity index is 2.06. The van der Waals surface area contributed by atoms with Crippen LogP contribution in [-0.2, 0) is 9.53 Å². The minimum atomic E-state index is -0.619. The molecule has 2 aromatic rings. The van der Waals surface area contributed by atoms with Gasteiger partial charge in [0.15, 0.2) is 6.61 Å². The highest BCUT2D eigenvalue weighted by Crippen LogP contribution is 2.32. The highest BCUT2D eigenvalue weighted by molar-refractivity contribution is 9.11. The molecule has 0 saturated carbocycles. The number of esters is 2. The predicted molar refractivity (Wildman–Crippen MR) is 100 cm³/mol. The molecule has 7 heteroatoms. The lowest BCUT2D eigenvalue weighted by Crippen LogP contribution is -2.19. The molecule has 0 N–H and O–H groups in total. The smallest absolute Gasteiger partial charge is 0.349 e. The number of carbonyl (C=O) groups excluding carboxylic acids is 2. The van der Waals surface area contributed by atoms with Gasteiger partial charge in [0.1, 0.15) is 17.1 Å². The van der Waals surface area contributed by atoms with E-state index in [1.54, 1.807) is 19.1 Å². The second kappa shape index (κ2) is 9.01. The second-order valence-corrected chi connectivity index (χ2v) is 6.78. The van der Waals surface area contributed by atoms with E-state index in [-0.39, 0.29) is 24.5 Å². The molecule has 0 unspecified atom stereocenters. The first-order valence-electron chi connectivity index (χ1n) is 7.47. The zero-order chi connectivity index (χ0) is 18.4. The second-order valence-electron chi connectivity index (χ2n) is 5.01. The van der Waals surface area contributed by atoms with Crippen LogP contribution in [0.4, 0.5) is 0 Å². The summed E-state index contributed by atoms with van der Waals surface area (Å²) in [6.45, 7) is 3.52. The average molecular weight is 472 g/mol. The quantitative estimate of drug-likeness (QED) is 0.452. The summed E-state index contributed by atoms with van der Waals surface area (Å²) in [6.07, 6.45) is 0. The summed E-state index contributed by atoms with van der Waals surface area (Å²) in [5.41, 5.74) is 1.06. The van der Waals surface area contributed by atoms with Crippen LogP contribution in [0.25, 0.3) is 0 Å². The Hall–Kier alpha value is -1.86. The Morgan fingerprint density at radius 1 is 1.12 bits per heavy atom. The molecule has 2 rings (SSSR count). The third-order valence-corrected chi connectivity index (χ3v) is 4.18. The maximum atomic E-state index is 12.1. The Morgan fingerprint density at radius 2 is 1.84 bits per heavy atom. The summed E-state index contributed by atoms with van der Waals surface area (Å²) >= 11 is 6.78. The van der Waals surface area contributed by atoms with E-state index in [0.717, 1.165) is 14.5 Å². The number of carbonyl (C=O) groups is 2. The topological polar surface area (TPSA) is 61.8 Å². The van der Waals surface area contributed by atoms with Crippen LogP contribution < -0.4 is 9.47 Å². The lowest BCUT2D eigenvalue weighted by molar-refractivity contribution is -0.136. The van der Waals surface area contributed by atoms with Gasteiger partial charge in [-0.05, 0) is 59.6 Å². The fourth-order valence-corrected chi connectivity index (χ4v) is 3.64. The van der Waals surface area contributed by atoms with Crippen LogP contribution in [0, 0.1) is 6.92 Å².